The van der Waals surface area contributed by atoms with Crippen LogP contribution in [0.2, 0.25) is 0 Å². The van der Waals surface area contributed by atoms with E-state index in [1.165, 1.54) is 12.1 Å². The Balaban J connectivity index is 2.10. The Hall–Kier alpha value is -2.30. The number of hydrogen-bond donors (Lipinski definition) is 1. The van der Waals surface area contributed by atoms with Crippen molar-refractivity contribution in [3.63, 3.8) is 0 Å². The van der Waals surface area contributed by atoms with E-state index in [1.54, 1.807) is 10.6 Å². The molecule has 0 amide bonds. The fourth-order valence-electron chi connectivity index (χ4n) is 2.01. The second-order valence-electron chi connectivity index (χ2n) is 4.20. The highest BCUT2D eigenvalue weighted by molar-refractivity contribution is 5.78. The summed E-state index contributed by atoms with van der Waals surface area (Å²) in [5.41, 5.74) is 7.19. The molecule has 2 aromatic heterocycles. The number of fused-ring (bicyclic) bond motifs is 1. The van der Waals surface area contributed by atoms with Gasteiger partial charge in [0.2, 0.25) is 5.95 Å². The molecule has 0 aliphatic rings. The average Bonchev–Trinajstić information content (AvgIpc) is 2.86. The Labute approximate surface area is 103 Å². The predicted molar refractivity (Wildman–Crippen MR) is 66.7 cm³/mol. The summed E-state index contributed by atoms with van der Waals surface area (Å²) in [6.07, 6.45) is 0. The first-order valence-electron chi connectivity index (χ1n) is 5.60. The van der Waals surface area contributed by atoms with Gasteiger partial charge in [-0.25, -0.2) is 9.37 Å². The molecule has 0 fully saturated rings. The molecule has 18 heavy (non-hydrogen) atoms. The second kappa shape index (κ2) is 3.87. The van der Waals surface area contributed by atoms with Crippen LogP contribution in [0.5, 0.6) is 0 Å². The zero-order chi connectivity index (χ0) is 12.7. The van der Waals surface area contributed by atoms with Crippen LogP contribution < -0.4 is 5.73 Å². The number of aromatic nitrogens is 2. The van der Waals surface area contributed by atoms with Crippen molar-refractivity contribution in [3.8, 4) is 0 Å². The smallest absolute Gasteiger partial charge is 0.201 e. The van der Waals surface area contributed by atoms with Gasteiger partial charge in [-0.05, 0) is 37.3 Å². The summed E-state index contributed by atoms with van der Waals surface area (Å²) in [7, 11) is 0. The van der Waals surface area contributed by atoms with Crippen LogP contribution in [-0.4, -0.2) is 9.55 Å². The highest BCUT2D eigenvalue weighted by atomic mass is 19.1. The third-order valence-electron chi connectivity index (χ3n) is 2.85. The van der Waals surface area contributed by atoms with Crippen molar-refractivity contribution in [1.29, 1.82) is 0 Å². The number of halogens is 1. The van der Waals surface area contributed by atoms with Crippen molar-refractivity contribution in [1.82, 2.24) is 9.55 Å². The molecule has 0 saturated carbocycles. The molecular formula is C13H12FN3O. The second-order valence-corrected chi connectivity index (χ2v) is 4.20. The minimum atomic E-state index is -0.306. The number of benzene rings is 1. The van der Waals surface area contributed by atoms with E-state index in [9.17, 15) is 4.39 Å². The van der Waals surface area contributed by atoms with Gasteiger partial charge in [0.25, 0.3) is 0 Å². The molecule has 0 aliphatic heterocycles. The van der Waals surface area contributed by atoms with Crippen LogP contribution in [-0.2, 0) is 6.54 Å². The first kappa shape index (κ1) is 10.8. The molecule has 0 aliphatic carbocycles. The van der Waals surface area contributed by atoms with Crippen molar-refractivity contribution in [2.24, 2.45) is 0 Å². The number of nitrogen functional groups attached to an aromatic ring is 1. The maximum atomic E-state index is 13.3. The number of furan rings is 1. The lowest BCUT2D eigenvalue weighted by molar-refractivity contribution is 0.473. The zero-order valence-corrected chi connectivity index (χ0v) is 9.85. The Morgan fingerprint density at radius 2 is 2.17 bits per heavy atom. The lowest BCUT2D eigenvalue weighted by atomic mass is 10.3. The molecule has 0 atom stereocenters. The fraction of sp³-hybridized carbons (Fsp3) is 0.154. The minimum absolute atomic E-state index is 0.306. The molecule has 92 valence electrons. The van der Waals surface area contributed by atoms with Crippen LogP contribution in [0, 0.1) is 12.7 Å². The largest absolute Gasteiger partial charge is 0.464 e. The first-order chi connectivity index (χ1) is 8.63. The molecule has 0 radical (unpaired) electrons. The third kappa shape index (κ3) is 1.73. The van der Waals surface area contributed by atoms with E-state index in [2.05, 4.69) is 4.98 Å². The molecule has 0 unspecified atom stereocenters. The van der Waals surface area contributed by atoms with E-state index in [4.69, 9.17) is 10.2 Å². The molecule has 5 heteroatoms. The van der Waals surface area contributed by atoms with Gasteiger partial charge in [-0.2, -0.15) is 0 Å². The molecule has 2 heterocycles. The van der Waals surface area contributed by atoms with Crippen LogP contribution >= 0.6 is 0 Å². The normalized spacial score (nSPS) is 11.2. The van der Waals surface area contributed by atoms with Gasteiger partial charge in [0.1, 0.15) is 17.3 Å². The summed E-state index contributed by atoms with van der Waals surface area (Å²) < 4.78 is 20.5. The monoisotopic (exact) mass is 245 g/mol. The number of imidazole rings is 1. The van der Waals surface area contributed by atoms with E-state index in [1.807, 2.05) is 19.1 Å². The summed E-state index contributed by atoms with van der Waals surface area (Å²) >= 11 is 0. The van der Waals surface area contributed by atoms with E-state index >= 15 is 0 Å². The summed E-state index contributed by atoms with van der Waals surface area (Å²) in [6, 6.07) is 8.17. The van der Waals surface area contributed by atoms with Gasteiger partial charge in [-0.1, -0.05) is 0 Å². The maximum Gasteiger partial charge on any atom is 0.201 e. The number of nitrogens with two attached hydrogens (primary N) is 1. The van der Waals surface area contributed by atoms with Crippen LogP contribution in [0.25, 0.3) is 11.0 Å². The van der Waals surface area contributed by atoms with E-state index in [-0.39, 0.29) is 5.82 Å². The molecule has 3 aromatic rings. The van der Waals surface area contributed by atoms with Crippen molar-refractivity contribution in [3.05, 3.63) is 47.7 Å². The average molecular weight is 245 g/mol. The highest BCUT2D eigenvalue weighted by Gasteiger charge is 2.10. The Kier molecular flexibility index (Phi) is 2.33. The minimum Gasteiger partial charge on any atom is -0.464 e. The van der Waals surface area contributed by atoms with Gasteiger partial charge in [0.05, 0.1) is 17.6 Å². The quantitative estimate of drug-likeness (QED) is 0.755. The number of aryl methyl sites for hydroxylation is 1. The van der Waals surface area contributed by atoms with Crippen molar-refractivity contribution in [2.45, 2.75) is 13.5 Å². The molecule has 2 N–H and O–H groups in total. The lowest BCUT2D eigenvalue weighted by Gasteiger charge is -2.03. The van der Waals surface area contributed by atoms with Crippen molar-refractivity contribution in [2.75, 3.05) is 5.73 Å². The Morgan fingerprint density at radius 1 is 1.33 bits per heavy atom. The van der Waals surface area contributed by atoms with E-state index in [0.29, 0.717) is 23.5 Å². The summed E-state index contributed by atoms with van der Waals surface area (Å²) in [4.78, 5) is 4.19. The molecular weight excluding hydrogens is 233 g/mol. The number of rotatable bonds is 2. The summed E-state index contributed by atoms with van der Waals surface area (Å²) in [5.74, 6) is 1.64. The summed E-state index contributed by atoms with van der Waals surface area (Å²) in [5, 5.41) is 0. The molecule has 0 saturated heterocycles. The first-order valence-corrected chi connectivity index (χ1v) is 5.60. The highest BCUT2D eigenvalue weighted by Crippen LogP contribution is 2.21. The molecule has 1 aromatic carbocycles. The van der Waals surface area contributed by atoms with Gasteiger partial charge in [-0.15, -0.1) is 0 Å². The lowest BCUT2D eigenvalue weighted by Crippen LogP contribution is -2.03. The molecule has 0 spiro atoms. The van der Waals surface area contributed by atoms with Gasteiger partial charge >= 0.3 is 0 Å². The topological polar surface area (TPSA) is 57.0 Å². The third-order valence-corrected chi connectivity index (χ3v) is 2.85. The molecule has 0 bridgehead atoms. The molecule has 3 rings (SSSR count). The maximum absolute atomic E-state index is 13.3. The van der Waals surface area contributed by atoms with Crippen molar-refractivity contribution >= 4 is 17.0 Å². The summed E-state index contributed by atoms with van der Waals surface area (Å²) in [6.45, 7) is 2.32. The van der Waals surface area contributed by atoms with Crippen LogP contribution in [0.4, 0.5) is 10.3 Å². The van der Waals surface area contributed by atoms with E-state index < -0.39 is 0 Å². The fourth-order valence-corrected chi connectivity index (χ4v) is 2.01. The zero-order valence-electron chi connectivity index (χ0n) is 9.85. The SMILES string of the molecule is Cc1ccc(Cn2c(N)nc3ccc(F)cc32)o1. The van der Waals surface area contributed by atoms with Crippen molar-refractivity contribution < 1.29 is 8.81 Å². The van der Waals surface area contributed by atoms with Crippen LogP contribution in [0.3, 0.4) is 0 Å². The standard InChI is InChI=1S/C13H12FN3O/c1-8-2-4-10(18-8)7-17-12-6-9(14)3-5-11(12)16-13(17)15/h2-6H,7H2,1H3,(H2,15,16). The molecule has 4 nitrogen and oxygen atoms in total. The number of nitrogens with zero attached hydrogens (tertiary/aromatic N) is 2. The van der Waals surface area contributed by atoms with Gasteiger partial charge < -0.3 is 14.7 Å². The van der Waals surface area contributed by atoms with Gasteiger partial charge in [0.15, 0.2) is 0 Å². The number of hydrogen-bond acceptors (Lipinski definition) is 3. The Morgan fingerprint density at radius 3 is 2.89 bits per heavy atom. The van der Waals surface area contributed by atoms with Crippen LogP contribution in [0.1, 0.15) is 11.5 Å². The van der Waals surface area contributed by atoms with Gasteiger partial charge in [0, 0.05) is 0 Å². The van der Waals surface area contributed by atoms with Crippen LogP contribution in [0.15, 0.2) is 34.7 Å². The van der Waals surface area contributed by atoms with E-state index in [0.717, 1.165) is 11.5 Å². The van der Waals surface area contributed by atoms with Gasteiger partial charge in [-0.3, -0.25) is 0 Å². The Bertz CT molecular complexity index is 714. The number of anilines is 1. The predicted octanol–water partition coefficient (Wildman–Crippen LogP) is 2.71.